The maximum absolute atomic E-state index is 12.7. The molecule has 1 saturated heterocycles. The molecule has 1 aliphatic heterocycles. The number of hydrogen-bond acceptors (Lipinski definition) is 4. The Labute approximate surface area is 113 Å². The third-order valence-electron chi connectivity index (χ3n) is 4.31. The third kappa shape index (κ3) is 2.23. The van der Waals surface area contributed by atoms with Gasteiger partial charge in [0.15, 0.2) is 0 Å². The first-order valence-electron chi connectivity index (χ1n) is 6.82. The highest BCUT2D eigenvalue weighted by Gasteiger charge is 2.41. The van der Waals surface area contributed by atoms with Crippen LogP contribution in [0.4, 0.5) is 5.82 Å². The number of hydrogen-bond donors (Lipinski definition) is 1. The molecule has 0 aromatic carbocycles. The lowest BCUT2D eigenvalue weighted by Gasteiger charge is -2.36. The molecule has 104 valence electrons. The van der Waals surface area contributed by atoms with E-state index in [2.05, 4.69) is 4.98 Å². The largest absolute Gasteiger partial charge is 0.384 e. The van der Waals surface area contributed by atoms with Crippen molar-refractivity contribution < 1.29 is 8.42 Å². The number of aromatic nitrogens is 1. The van der Waals surface area contributed by atoms with Gasteiger partial charge in [0.2, 0.25) is 10.0 Å². The van der Waals surface area contributed by atoms with E-state index < -0.39 is 10.0 Å². The number of fused-ring (bicyclic) bond motifs is 1. The van der Waals surface area contributed by atoms with Crippen molar-refractivity contribution in [2.24, 2.45) is 5.92 Å². The normalized spacial score (nSPS) is 28.2. The molecule has 6 heteroatoms. The molecule has 0 spiro atoms. The molecule has 3 rings (SSSR count). The van der Waals surface area contributed by atoms with Crippen molar-refractivity contribution in [3.05, 3.63) is 18.3 Å². The Balaban J connectivity index is 1.93. The number of nitrogen functional groups attached to an aromatic ring is 1. The highest BCUT2D eigenvalue weighted by atomic mass is 32.2. The summed E-state index contributed by atoms with van der Waals surface area (Å²) in [6, 6.07) is 3.29. The van der Waals surface area contributed by atoms with Crippen LogP contribution in [0, 0.1) is 5.92 Å². The number of rotatable bonds is 2. The van der Waals surface area contributed by atoms with Gasteiger partial charge < -0.3 is 5.73 Å². The van der Waals surface area contributed by atoms with Gasteiger partial charge in [-0.1, -0.05) is 6.42 Å². The van der Waals surface area contributed by atoms with Crippen molar-refractivity contribution in [2.75, 3.05) is 12.3 Å². The summed E-state index contributed by atoms with van der Waals surface area (Å²) in [5.74, 6) is 0.890. The van der Waals surface area contributed by atoms with Crippen LogP contribution in [0.15, 0.2) is 23.2 Å². The molecule has 2 aliphatic rings. The lowest BCUT2D eigenvalue weighted by atomic mass is 9.94. The van der Waals surface area contributed by atoms with E-state index in [0.717, 1.165) is 32.1 Å². The number of nitrogens with two attached hydrogens (primary N) is 1. The van der Waals surface area contributed by atoms with E-state index in [9.17, 15) is 8.42 Å². The van der Waals surface area contributed by atoms with E-state index in [1.54, 1.807) is 16.4 Å². The second kappa shape index (κ2) is 4.76. The summed E-state index contributed by atoms with van der Waals surface area (Å²) in [6.07, 6.45) is 6.78. The minimum atomic E-state index is -3.42. The SMILES string of the molecule is Nc1ccc(S(=O)(=O)N2CCCC3CCCC32)cn1. The minimum Gasteiger partial charge on any atom is -0.384 e. The van der Waals surface area contributed by atoms with Crippen LogP contribution >= 0.6 is 0 Å². The summed E-state index contributed by atoms with van der Waals surface area (Å²) in [4.78, 5) is 4.16. The maximum Gasteiger partial charge on any atom is 0.244 e. The molecular weight excluding hydrogens is 262 g/mol. The highest BCUT2D eigenvalue weighted by Crippen LogP contribution is 2.39. The maximum atomic E-state index is 12.7. The average molecular weight is 281 g/mol. The van der Waals surface area contributed by atoms with E-state index in [1.807, 2.05) is 0 Å². The molecule has 19 heavy (non-hydrogen) atoms. The lowest BCUT2D eigenvalue weighted by Crippen LogP contribution is -2.46. The molecule has 2 fully saturated rings. The van der Waals surface area contributed by atoms with Gasteiger partial charge in [0.05, 0.1) is 0 Å². The van der Waals surface area contributed by atoms with E-state index in [4.69, 9.17) is 5.73 Å². The molecule has 1 aromatic rings. The van der Waals surface area contributed by atoms with E-state index in [1.165, 1.54) is 6.20 Å². The van der Waals surface area contributed by atoms with Gasteiger partial charge in [0.25, 0.3) is 0 Å². The van der Waals surface area contributed by atoms with Gasteiger partial charge in [-0.15, -0.1) is 0 Å². The summed E-state index contributed by atoms with van der Waals surface area (Å²) in [5.41, 5.74) is 5.51. The fraction of sp³-hybridized carbons (Fsp3) is 0.615. The molecule has 2 atom stereocenters. The molecule has 1 aromatic heterocycles. The standard InChI is InChI=1S/C13H19N3O2S/c14-13-7-6-11(9-15-13)19(17,18)16-8-2-4-10-3-1-5-12(10)16/h6-7,9-10,12H,1-5,8H2,(H2,14,15). The molecule has 1 saturated carbocycles. The van der Waals surface area contributed by atoms with Gasteiger partial charge >= 0.3 is 0 Å². The van der Waals surface area contributed by atoms with Crippen LogP contribution in [0.3, 0.4) is 0 Å². The smallest absolute Gasteiger partial charge is 0.244 e. The first kappa shape index (κ1) is 12.9. The molecule has 0 amide bonds. The fourth-order valence-corrected chi connectivity index (χ4v) is 5.09. The lowest BCUT2D eigenvalue weighted by molar-refractivity contribution is 0.202. The monoisotopic (exact) mass is 281 g/mol. The predicted molar refractivity (Wildman–Crippen MR) is 72.9 cm³/mol. The topological polar surface area (TPSA) is 76.3 Å². The number of anilines is 1. The van der Waals surface area contributed by atoms with Crippen LogP contribution in [0.1, 0.15) is 32.1 Å². The number of piperidine rings is 1. The Hall–Kier alpha value is -1.14. The zero-order valence-electron chi connectivity index (χ0n) is 10.8. The first-order valence-corrected chi connectivity index (χ1v) is 8.26. The Bertz CT molecular complexity index is 556. The van der Waals surface area contributed by atoms with Crippen molar-refractivity contribution in [3.63, 3.8) is 0 Å². The average Bonchev–Trinajstić information content (AvgIpc) is 2.87. The summed E-state index contributed by atoms with van der Waals surface area (Å²) in [7, 11) is -3.42. The molecule has 2 N–H and O–H groups in total. The molecule has 2 heterocycles. The van der Waals surface area contributed by atoms with E-state index in [-0.39, 0.29) is 10.9 Å². The Kier molecular flexibility index (Phi) is 3.22. The van der Waals surface area contributed by atoms with Crippen LogP contribution in [0.25, 0.3) is 0 Å². The third-order valence-corrected chi connectivity index (χ3v) is 6.22. The van der Waals surface area contributed by atoms with Gasteiger partial charge in [-0.2, -0.15) is 4.31 Å². The Morgan fingerprint density at radius 2 is 2.00 bits per heavy atom. The number of nitrogens with zero attached hydrogens (tertiary/aromatic N) is 2. The van der Waals surface area contributed by atoms with Crippen LogP contribution in [0.2, 0.25) is 0 Å². The summed E-state index contributed by atoms with van der Waals surface area (Å²) >= 11 is 0. The van der Waals surface area contributed by atoms with Crippen LogP contribution in [0.5, 0.6) is 0 Å². The van der Waals surface area contributed by atoms with E-state index in [0.29, 0.717) is 18.3 Å². The second-order valence-corrected chi connectivity index (χ2v) is 7.33. The fourth-order valence-electron chi connectivity index (χ4n) is 3.39. The predicted octanol–water partition coefficient (Wildman–Crippen LogP) is 1.62. The van der Waals surface area contributed by atoms with Crippen molar-refractivity contribution in [1.82, 2.24) is 9.29 Å². The molecule has 0 bridgehead atoms. The van der Waals surface area contributed by atoms with Gasteiger partial charge in [-0.3, -0.25) is 0 Å². The summed E-state index contributed by atoms with van der Waals surface area (Å²) in [6.45, 7) is 0.633. The zero-order chi connectivity index (χ0) is 13.5. The van der Waals surface area contributed by atoms with Crippen molar-refractivity contribution >= 4 is 15.8 Å². The van der Waals surface area contributed by atoms with E-state index >= 15 is 0 Å². The Morgan fingerprint density at radius 1 is 1.21 bits per heavy atom. The summed E-state index contributed by atoms with van der Waals surface area (Å²) in [5, 5.41) is 0. The van der Waals surface area contributed by atoms with Crippen LogP contribution in [-0.4, -0.2) is 30.3 Å². The number of sulfonamides is 1. The molecule has 0 radical (unpaired) electrons. The van der Waals surface area contributed by atoms with Crippen molar-refractivity contribution in [3.8, 4) is 0 Å². The Morgan fingerprint density at radius 3 is 2.74 bits per heavy atom. The molecule has 5 nitrogen and oxygen atoms in total. The van der Waals surface area contributed by atoms with Crippen molar-refractivity contribution in [1.29, 1.82) is 0 Å². The van der Waals surface area contributed by atoms with Crippen LogP contribution in [-0.2, 0) is 10.0 Å². The van der Waals surface area contributed by atoms with Gasteiger partial charge in [-0.25, -0.2) is 13.4 Å². The quantitative estimate of drug-likeness (QED) is 0.893. The van der Waals surface area contributed by atoms with Gasteiger partial charge in [0, 0.05) is 18.8 Å². The zero-order valence-corrected chi connectivity index (χ0v) is 11.6. The van der Waals surface area contributed by atoms with Gasteiger partial charge in [-0.05, 0) is 43.7 Å². The number of pyridine rings is 1. The van der Waals surface area contributed by atoms with Crippen LogP contribution < -0.4 is 5.73 Å². The summed E-state index contributed by atoms with van der Waals surface area (Å²) < 4.78 is 27.1. The van der Waals surface area contributed by atoms with Gasteiger partial charge in [0.1, 0.15) is 10.7 Å². The van der Waals surface area contributed by atoms with Crippen molar-refractivity contribution in [2.45, 2.75) is 43.0 Å². The second-order valence-electron chi connectivity index (χ2n) is 5.44. The first-order chi connectivity index (χ1) is 9.09. The highest BCUT2D eigenvalue weighted by molar-refractivity contribution is 7.89. The molecule has 1 aliphatic carbocycles. The minimum absolute atomic E-state index is 0.191. The molecule has 2 unspecified atom stereocenters. The molecular formula is C13H19N3O2S.